The molecule has 0 bridgehead atoms. The topological polar surface area (TPSA) is 75.5 Å². The maximum Gasteiger partial charge on any atom is 0.287 e. The molecule has 0 aromatic carbocycles. The quantitative estimate of drug-likeness (QED) is 0.800. The molecule has 2 aromatic heterocycles. The van der Waals surface area contributed by atoms with Crippen molar-refractivity contribution in [2.75, 3.05) is 6.54 Å². The molecule has 2 heterocycles. The summed E-state index contributed by atoms with van der Waals surface area (Å²) in [5.41, 5.74) is 0.520. The van der Waals surface area contributed by atoms with Crippen LogP contribution >= 0.6 is 0 Å². The second kappa shape index (κ2) is 7.47. The highest BCUT2D eigenvalue weighted by atomic mass is 16.2. The van der Waals surface area contributed by atoms with Crippen LogP contribution in [0.4, 0.5) is 0 Å². The summed E-state index contributed by atoms with van der Waals surface area (Å²) in [4.78, 5) is 29.2. The van der Waals surface area contributed by atoms with Gasteiger partial charge in [-0.3, -0.25) is 14.0 Å². The van der Waals surface area contributed by atoms with E-state index in [1.165, 1.54) is 0 Å². The predicted molar refractivity (Wildman–Crippen MR) is 94.3 cm³/mol. The van der Waals surface area contributed by atoms with Crippen LogP contribution in [0.5, 0.6) is 0 Å². The predicted octanol–water partition coefficient (Wildman–Crippen LogP) is 2.78. The molecule has 0 unspecified atom stereocenters. The molecule has 0 saturated heterocycles. The maximum atomic E-state index is 12.5. The highest BCUT2D eigenvalue weighted by Gasteiger charge is 2.23. The molecule has 6 nitrogen and oxygen atoms in total. The van der Waals surface area contributed by atoms with E-state index < -0.39 is 0 Å². The molecular weight excluding hydrogens is 304 g/mol. The van der Waals surface area contributed by atoms with Gasteiger partial charge in [-0.2, -0.15) is 0 Å². The summed E-state index contributed by atoms with van der Waals surface area (Å²) >= 11 is 0. The van der Waals surface area contributed by atoms with Crippen LogP contribution in [0.15, 0.2) is 24.4 Å². The highest BCUT2D eigenvalue weighted by Crippen LogP contribution is 2.14. The van der Waals surface area contributed by atoms with E-state index in [0.29, 0.717) is 12.1 Å². The van der Waals surface area contributed by atoms with Crippen molar-refractivity contribution >= 4 is 17.3 Å². The number of hydrogen-bond acceptors (Lipinski definition) is 3. The van der Waals surface area contributed by atoms with Crippen LogP contribution in [-0.2, 0) is 0 Å². The maximum absolute atomic E-state index is 12.5. The molecule has 0 radical (unpaired) electrons. The summed E-state index contributed by atoms with van der Waals surface area (Å²) in [5, 5.41) is 5.77. The number of carbonyl (C=O) groups excluding carboxylic acids is 2. The normalized spacial score (nSPS) is 11.5. The number of imidazole rings is 1. The average molecular weight is 330 g/mol. The van der Waals surface area contributed by atoms with E-state index in [0.717, 1.165) is 19.3 Å². The van der Waals surface area contributed by atoms with Gasteiger partial charge >= 0.3 is 0 Å². The molecule has 0 aliphatic heterocycles. The molecule has 2 aromatic rings. The van der Waals surface area contributed by atoms with Gasteiger partial charge in [0.2, 0.25) is 5.82 Å². The van der Waals surface area contributed by atoms with E-state index >= 15 is 0 Å². The molecule has 0 fully saturated rings. The largest absolute Gasteiger partial charge is 0.349 e. The second-order valence-corrected chi connectivity index (χ2v) is 6.91. The number of aromatic nitrogens is 2. The lowest BCUT2D eigenvalue weighted by atomic mass is 10.1. The third kappa shape index (κ3) is 4.34. The first kappa shape index (κ1) is 18.0. The monoisotopic (exact) mass is 330 g/mol. The second-order valence-electron chi connectivity index (χ2n) is 6.91. The van der Waals surface area contributed by atoms with Crippen molar-refractivity contribution < 1.29 is 9.59 Å². The number of rotatable bonds is 6. The highest BCUT2D eigenvalue weighted by molar-refractivity contribution is 6.02. The SMILES string of the molecule is CCCCCNC(=O)c1nc(C(=O)NC(C)(C)C)c2ccccn12. The van der Waals surface area contributed by atoms with E-state index in [-0.39, 0.29) is 28.9 Å². The summed E-state index contributed by atoms with van der Waals surface area (Å²) in [6.07, 6.45) is 4.85. The molecule has 6 heteroatoms. The summed E-state index contributed by atoms with van der Waals surface area (Å²) in [6, 6.07) is 5.43. The smallest absolute Gasteiger partial charge is 0.287 e. The van der Waals surface area contributed by atoms with Gasteiger partial charge in [-0.25, -0.2) is 4.98 Å². The number of amides is 2. The Hall–Kier alpha value is -2.37. The van der Waals surface area contributed by atoms with Crippen LogP contribution in [0.2, 0.25) is 0 Å². The number of hydrogen-bond donors (Lipinski definition) is 2. The minimum atomic E-state index is -0.371. The molecule has 2 amide bonds. The Kier molecular flexibility index (Phi) is 5.59. The van der Waals surface area contributed by atoms with Crippen molar-refractivity contribution in [2.24, 2.45) is 0 Å². The van der Waals surface area contributed by atoms with Crippen LogP contribution in [-0.4, -0.2) is 33.3 Å². The Morgan fingerprint density at radius 2 is 1.92 bits per heavy atom. The van der Waals surface area contributed by atoms with Gasteiger partial charge in [0.15, 0.2) is 5.69 Å². The fourth-order valence-electron chi connectivity index (χ4n) is 2.42. The van der Waals surface area contributed by atoms with Gasteiger partial charge in [0.1, 0.15) is 0 Å². The van der Waals surface area contributed by atoms with Crippen LogP contribution in [0.25, 0.3) is 5.52 Å². The molecule has 130 valence electrons. The van der Waals surface area contributed by atoms with E-state index in [1.54, 1.807) is 16.7 Å². The van der Waals surface area contributed by atoms with Crippen LogP contribution in [0, 0.1) is 0 Å². The van der Waals surface area contributed by atoms with Gasteiger partial charge in [0, 0.05) is 18.3 Å². The average Bonchev–Trinajstić information content (AvgIpc) is 2.89. The van der Waals surface area contributed by atoms with Crippen molar-refractivity contribution in [3.63, 3.8) is 0 Å². The van der Waals surface area contributed by atoms with Crippen molar-refractivity contribution in [3.05, 3.63) is 35.9 Å². The van der Waals surface area contributed by atoms with E-state index in [2.05, 4.69) is 22.5 Å². The Labute approximate surface area is 142 Å². The third-order valence-corrected chi connectivity index (χ3v) is 3.52. The summed E-state index contributed by atoms with van der Waals surface area (Å²) in [6.45, 7) is 8.45. The Bertz CT molecular complexity index is 728. The molecule has 0 spiro atoms. The lowest BCUT2D eigenvalue weighted by molar-refractivity contribution is 0.0916. The van der Waals surface area contributed by atoms with Gasteiger partial charge < -0.3 is 10.6 Å². The fraction of sp³-hybridized carbons (Fsp3) is 0.500. The zero-order chi connectivity index (χ0) is 17.7. The minimum absolute atomic E-state index is 0.237. The van der Waals surface area contributed by atoms with Crippen LogP contribution in [0.3, 0.4) is 0 Å². The summed E-state index contributed by atoms with van der Waals surface area (Å²) in [5.74, 6) is -0.306. The lowest BCUT2D eigenvalue weighted by Gasteiger charge is -2.19. The molecule has 0 aliphatic rings. The third-order valence-electron chi connectivity index (χ3n) is 3.52. The first-order valence-electron chi connectivity index (χ1n) is 8.41. The van der Waals surface area contributed by atoms with E-state index in [9.17, 15) is 9.59 Å². The number of nitrogens with zero attached hydrogens (tertiary/aromatic N) is 2. The Balaban J connectivity index is 2.28. The zero-order valence-electron chi connectivity index (χ0n) is 14.8. The number of carbonyl (C=O) groups is 2. The van der Waals surface area contributed by atoms with Crippen molar-refractivity contribution in [3.8, 4) is 0 Å². The molecule has 24 heavy (non-hydrogen) atoms. The van der Waals surface area contributed by atoms with Gasteiger partial charge in [0.05, 0.1) is 5.52 Å². The van der Waals surface area contributed by atoms with Crippen molar-refractivity contribution in [1.29, 1.82) is 0 Å². The Morgan fingerprint density at radius 1 is 1.17 bits per heavy atom. The minimum Gasteiger partial charge on any atom is -0.349 e. The number of fused-ring (bicyclic) bond motifs is 1. The molecule has 2 N–H and O–H groups in total. The first-order chi connectivity index (χ1) is 11.3. The fourth-order valence-corrected chi connectivity index (χ4v) is 2.42. The van der Waals surface area contributed by atoms with Crippen molar-refractivity contribution in [1.82, 2.24) is 20.0 Å². The first-order valence-corrected chi connectivity index (χ1v) is 8.41. The zero-order valence-corrected chi connectivity index (χ0v) is 14.8. The van der Waals surface area contributed by atoms with Gasteiger partial charge in [-0.1, -0.05) is 25.8 Å². The van der Waals surface area contributed by atoms with Gasteiger partial charge in [-0.15, -0.1) is 0 Å². The van der Waals surface area contributed by atoms with E-state index in [4.69, 9.17) is 0 Å². The summed E-state index contributed by atoms with van der Waals surface area (Å²) < 4.78 is 1.66. The molecular formula is C18H26N4O2. The van der Waals surface area contributed by atoms with E-state index in [1.807, 2.05) is 32.9 Å². The molecule has 0 saturated carbocycles. The Morgan fingerprint density at radius 3 is 2.58 bits per heavy atom. The standard InChI is InChI=1S/C18H26N4O2/c1-5-6-8-11-19-17(24)15-20-14(16(23)21-18(2,3)4)13-10-7-9-12-22(13)15/h7,9-10,12H,5-6,8,11H2,1-4H3,(H,19,24)(H,21,23). The molecule has 2 rings (SSSR count). The van der Waals surface area contributed by atoms with Gasteiger partial charge in [0.25, 0.3) is 11.8 Å². The molecule has 0 atom stereocenters. The van der Waals surface area contributed by atoms with Gasteiger partial charge in [-0.05, 0) is 39.3 Å². The number of unbranched alkanes of at least 4 members (excludes halogenated alkanes) is 2. The number of nitrogens with one attached hydrogen (secondary N) is 2. The molecule has 0 aliphatic carbocycles. The van der Waals surface area contributed by atoms with Crippen LogP contribution < -0.4 is 10.6 Å². The lowest BCUT2D eigenvalue weighted by Crippen LogP contribution is -2.40. The number of pyridine rings is 1. The van der Waals surface area contributed by atoms with Crippen molar-refractivity contribution in [2.45, 2.75) is 52.5 Å². The summed E-state index contributed by atoms with van der Waals surface area (Å²) in [7, 11) is 0. The van der Waals surface area contributed by atoms with Crippen LogP contribution in [0.1, 0.15) is 68.1 Å².